The molecule has 0 aromatic carbocycles. The summed E-state index contributed by atoms with van der Waals surface area (Å²) in [6.45, 7) is 0. The zero-order chi connectivity index (χ0) is 31.1. The van der Waals surface area contributed by atoms with E-state index in [2.05, 4.69) is 10.6 Å². The van der Waals surface area contributed by atoms with Gasteiger partial charge >= 0.3 is 11.9 Å². The van der Waals surface area contributed by atoms with Crippen molar-refractivity contribution in [2.75, 3.05) is 12.8 Å². The van der Waals surface area contributed by atoms with Crippen LogP contribution in [0.2, 0.25) is 0 Å². The van der Waals surface area contributed by atoms with Crippen LogP contribution in [0.1, 0.15) is 122 Å². The lowest BCUT2D eigenvalue weighted by atomic mass is 9.94. The molecule has 0 fully saturated rings. The van der Waals surface area contributed by atoms with E-state index in [4.69, 9.17) is 5.11 Å². The van der Waals surface area contributed by atoms with Gasteiger partial charge in [0.05, 0.1) is 5.92 Å². The molecule has 0 radical (unpaired) electrons. The number of aliphatic carboxylic acids is 2. The predicted molar refractivity (Wildman–Crippen MR) is 154 cm³/mol. The number of rotatable bonds is 27. The average Bonchev–Trinajstić information content (AvgIpc) is 2.88. The number of unbranched alkanes of at least 4 members (excludes halogenated alkanes) is 13. The SMILES string of the molecule is CNC(=O)CC[C@H](CC(=O)[C@H](CS(=O)(=O)O)NC(=O)CCCCCCCCCCCCCCCCC(=O)O)C(=O)O. The lowest BCUT2D eigenvalue weighted by Gasteiger charge is -2.19. The van der Waals surface area contributed by atoms with E-state index in [0.717, 1.165) is 57.8 Å². The van der Waals surface area contributed by atoms with Gasteiger partial charge in [-0.2, -0.15) is 8.42 Å². The maximum atomic E-state index is 12.6. The van der Waals surface area contributed by atoms with Gasteiger partial charge in [0.2, 0.25) is 11.8 Å². The number of ketones is 1. The molecule has 238 valence electrons. The molecule has 13 heteroatoms. The van der Waals surface area contributed by atoms with Crippen LogP contribution in [0.3, 0.4) is 0 Å². The second-order valence-corrected chi connectivity index (χ2v) is 12.1. The van der Waals surface area contributed by atoms with Crippen molar-refractivity contribution < 1.29 is 47.2 Å². The van der Waals surface area contributed by atoms with E-state index in [1.54, 1.807) is 0 Å². The largest absolute Gasteiger partial charge is 0.481 e. The van der Waals surface area contributed by atoms with Gasteiger partial charge in [-0.3, -0.25) is 28.5 Å². The topological polar surface area (TPSA) is 204 Å². The number of hydrogen-bond donors (Lipinski definition) is 5. The van der Waals surface area contributed by atoms with Crippen LogP contribution in [-0.4, -0.2) is 71.6 Å². The molecule has 0 bridgehead atoms. The number of amides is 2. The van der Waals surface area contributed by atoms with Crippen LogP contribution in [0.5, 0.6) is 0 Å². The molecule has 0 unspecified atom stereocenters. The van der Waals surface area contributed by atoms with E-state index >= 15 is 0 Å². The van der Waals surface area contributed by atoms with E-state index in [1.165, 1.54) is 32.7 Å². The summed E-state index contributed by atoms with van der Waals surface area (Å²) in [4.78, 5) is 58.4. The summed E-state index contributed by atoms with van der Waals surface area (Å²) in [5.74, 6) is -6.12. The van der Waals surface area contributed by atoms with Crippen LogP contribution >= 0.6 is 0 Å². The Morgan fingerprint density at radius 1 is 0.659 bits per heavy atom. The van der Waals surface area contributed by atoms with Crippen molar-refractivity contribution in [1.29, 1.82) is 0 Å². The van der Waals surface area contributed by atoms with Gasteiger partial charge in [-0.05, 0) is 19.3 Å². The Bertz CT molecular complexity index is 908. The number of carboxylic acid groups (broad SMARTS) is 2. The van der Waals surface area contributed by atoms with E-state index in [9.17, 15) is 42.0 Å². The Morgan fingerprint density at radius 2 is 1.10 bits per heavy atom. The van der Waals surface area contributed by atoms with Gasteiger partial charge < -0.3 is 20.8 Å². The number of carbonyl (C=O) groups is 5. The molecule has 0 heterocycles. The molecular formula is C28H50N2O10S. The fourth-order valence-electron chi connectivity index (χ4n) is 4.50. The summed E-state index contributed by atoms with van der Waals surface area (Å²) in [6.07, 6.45) is 13.8. The van der Waals surface area contributed by atoms with Crippen LogP contribution in [0.25, 0.3) is 0 Å². The van der Waals surface area contributed by atoms with Crippen molar-refractivity contribution in [2.45, 2.75) is 128 Å². The van der Waals surface area contributed by atoms with Gasteiger partial charge in [0, 0.05) is 32.7 Å². The number of carbonyl (C=O) groups excluding carboxylic acids is 3. The average molecular weight is 607 g/mol. The smallest absolute Gasteiger partial charge is 0.306 e. The van der Waals surface area contributed by atoms with Crippen LogP contribution in [0, 0.1) is 5.92 Å². The molecule has 0 rings (SSSR count). The monoisotopic (exact) mass is 606 g/mol. The van der Waals surface area contributed by atoms with Gasteiger partial charge in [-0.1, -0.05) is 77.0 Å². The highest BCUT2D eigenvalue weighted by atomic mass is 32.2. The lowest BCUT2D eigenvalue weighted by Crippen LogP contribution is -2.46. The zero-order valence-electron chi connectivity index (χ0n) is 24.4. The molecule has 0 saturated heterocycles. The fourth-order valence-corrected chi connectivity index (χ4v) is 5.19. The van der Waals surface area contributed by atoms with Crippen molar-refractivity contribution in [3.63, 3.8) is 0 Å². The number of hydrogen-bond acceptors (Lipinski definition) is 7. The van der Waals surface area contributed by atoms with Crippen LogP contribution in [0.15, 0.2) is 0 Å². The first-order valence-electron chi connectivity index (χ1n) is 14.8. The second kappa shape index (κ2) is 23.1. The molecule has 2 amide bonds. The molecule has 41 heavy (non-hydrogen) atoms. The van der Waals surface area contributed by atoms with Crippen molar-refractivity contribution in [1.82, 2.24) is 10.6 Å². The third kappa shape index (κ3) is 23.8. The van der Waals surface area contributed by atoms with Crippen LogP contribution in [-0.2, 0) is 34.1 Å². The molecule has 0 aromatic rings. The highest BCUT2D eigenvalue weighted by Crippen LogP contribution is 2.16. The highest BCUT2D eigenvalue weighted by Gasteiger charge is 2.30. The minimum absolute atomic E-state index is 0.0740. The Hall–Kier alpha value is -2.54. The molecule has 0 aromatic heterocycles. The van der Waals surface area contributed by atoms with Crippen LogP contribution < -0.4 is 10.6 Å². The van der Waals surface area contributed by atoms with Crippen molar-refractivity contribution in [3.05, 3.63) is 0 Å². The van der Waals surface area contributed by atoms with Crippen molar-refractivity contribution in [2.24, 2.45) is 5.92 Å². The van der Waals surface area contributed by atoms with Crippen molar-refractivity contribution >= 4 is 39.7 Å². The number of nitrogens with one attached hydrogen (secondary N) is 2. The normalized spacial score (nSPS) is 12.8. The standard InChI is InChI=1S/C28H50N2O10S/c1-29-25(32)19-18-22(28(36)37)20-24(31)23(21-41(38,39)40)30-26(33)16-14-12-10-8-6-4-2-3-5-7-9-11-13-15-17-27(34)35/h22-23H,2-21H2,1H3,(H,29,32)(H,30,33)(H,34,35)(H,36,37)(H,38,39,40)/t22-,23+/m1/s1. The Morgan fingerprint density at radius 3 is 1.49 bits per heavy atom. The number of Topliss-reactive ketones (excluding diaryl/α,β-unsaturated/α-hetero) is 1. The summed E-state index contributed by atoms with van der Waals surface area (Å²) in [5, 5.41) is 22.6. The second-order valence-electron chi connectivity index (χ2n) is 10.6. The minimum atomic E-state index is -4.62. The molecule has 0 aliphatic rings. The van der Waals surface area contributed by atoms with Gasteiger partial charge in [0.25, 0.3) is 10.1 Å². The predicted octanol–water partition coefficient (Wildman–Crippen LogP) is 3.87. The molecule has 0 spiro atoms. The van der Waals surface area contributed by atoms with Crippen LogP contribution in [0.4, 0.5) is 0 Å². The Labute approximate surface area is 244 Å². The fraction of sp³-hybridized carbons (Fsp3) is 0.821. The molecule has 0 aliphatic heterocycles. The summed E-state index contributed by atoms with van der Waals surface area (Å²) in [5.41, 5.74) is 0. The Kier molecular flexibility index (Phi) is 21.6. The quantitative estimate of drug-likeness (QED) is 0.0674. The third-order valence-electron chi connectivity index (χ3n) is 6.94. The van der Waals surface area contributed by atoms with E-state index < -0.39 is 63.8 Å². The van der Waals surface area contributed by atoms with E-state index in [1.807, 2.05) is 0 Å². The van der Waals surface area contributed by atoms with Gasteiger partial charge in [0.15, 0.2) is 5.78 Å². The van der Waals surface area contributed by atoms with Gasteiger partial charge in [0.1, 0.15) is 11.8 Å². The molecule has 12 nitrogen and oxygen atoms in total. The summed E-state index contributed by atoms with van der Waals surface area (Å²) in [7, 11) is -3.23. The maximum absolute atomic E-state index is 12.6. The summed E-state index contributed by atoms with van der Waals surface area (Å²) < 4.78 is 32.0. The third-order valence-corrected chi connectivity index (χ3v) is 7.70. The van der Waals surface area contributed by atoms with E-state index in [0.29, 0.717) is 6.42 Å². The summed E-state index contributed by atoms with van der Waals surface area (Å²) in [6, 6.07) is -1.57. The highest BCUT2D eigenvalue weighted by molar-refractivity contribution is 7.85. The molecule has 5 N–H and O–H groups in total. The van der Waals surface area contributed by atoms with Gasteiger partial charge in [-0.25, -0.2) is 0 Å². The molecule has 0 saturated carbocycles. The molecule has 2 atom stereocenters. The van der Waals surface area contributed by atoms with Crippen molar-refractivity contribution in [3.8, 4) is 0 Å². The lowest BCUT2D eigenvalue weighted by molar-refractivity contribution is -0.144. The minimum Gasteiger partial charge on any atom is -0.481 e. The maximum Gasteiger partial charge on any atom is 0.306 e. The first-order chi connectivity index (χ1) is 19.4. The first kappa shape index (κ1) is 38.5. The number of carboxylic acids is 2. The molecular weight excluding hydrogens is 556 g/mol. The van der Waals surface area contributed by atoms with E-state index in [-0.39, 0.29) is 25.7 Å². The Balaban J connectivity index is 4.18. The first-order valence-corrected chi connectivity index (χ1v) is 16.4. The van der Waals surface area contributed by atoms with Gasteiger partial charge in [-0.15, -0.1) is 0 Å². The molecule has 0 aliphatic carbocycles. The zero-order valence-corrected chi connectivity index (χ0v) is 25.2. The summed E-state index contributed by atoms with van der Waals surface area (Å²) >= 11 is 0.